The lowest BCUT2D eigenvalue weighted by Crippen LogP contribution is -2.49. The van der Waals surface area contributed by atoms with Gasteiger partial charge in [-0.05, 0) is 51.2 Å². The zero-order chi connectivity index (χ0) is 20.0. The average Bonchev–Trinajstić information content (AvgIpc) is 2.61. The first-order valence-electron chi connectivity index (χ1n) is 9.21. The Balaban J connectivity index is 1.75. The second-order valence-corrected chi connectivity index (χ2v) is 8.68. The Hall–Kier alpha value is -1.93. The lowest BCUT2D eigenvalue weighted by atomic mass is 9.93. The molecule has 1 aliphatic rings. The van der Waals surface area contributed by atoms with Crippen molar-refractivity contribution in [3.8, 4) is 0 Å². The van der Waals surface area contributed by atoms with Gasteiger partial charge in [-0.1, -0.05) is 17.7 Å². The molecule has 1 aromatic carbocycles. The van der Waals surface area contributed by atoms with Crippen molar-refractivity contribution >= 4 is 21.9 Å². The maximum Gasteiger partial charge on any atom is 0.296 e. The van der Waals surface area contributed by atoms with Gasteiger partial charge in [-0.3, -0.25) is 13.8 Å². The van der Waals surface area contributed by atoms with E-state index >= 15 is 0 Å². The van der Waals surface area contributed by atoms with Crippen LogP contribution in [0.1, 0.15) is 38.7 Å². The van der Waals surface area contributed by atoms with Gasteiger partial charge in [0.2, 0.25) is 11.8 Å². The normalized spacial score (nSPS) is 16.8. The number of carbonyl (C=O) groups excluding carboxylic acids is 2. The molecule has 1 fully saturated rings. The molecule has 0 radical (unpaired) electrons. The fourth-order valence-corrected chi connectivity index (χ4v) is 4.10. The number of likely N-dealkylation sites (tertiary alicyclic amines) is 1. The van der Waals surface area contributed by atoms with E-state index < -0.39 is 16.2 Å². The molecule has 1 heterocycles. The number of amides is 2. The minimum atomic E-state index is -3.73. The van der Waals surface area contributed by atoms with Crippen LogP contribution in [0.3, 0.4) is 0 Å². The molecule has 1 N–H and O–H groups in total. The number of piperidine rings is 1. The summed E-state index contributed by atoms with van der Waals surface area (Å²) >= 11 is 0. The predicted octanol–water partition coefficient (Wildman–Crippen LogP) is 1.85. The molecule has 1 saturated heterocycles. The van der Waals surface area contributed by atoms with Crippen molar-refractivity contribution in [2.75, 3.05) is 19.7 Å². The first-order valence-corrected chi connectivity index (χ1v) is 10.6. The van der Waals surface area contributed by atoms with Crippen LogP contribution < -0.4 is 5.32 Å². The first kappa shape index (κ1) is 21.4. The number of rotatable bonds is 7. The van der Waals surface area contributed by atoms with Gasteiger partial charge in [0, 0.05) is 20.0 Å². The van der Waals surface area contributed by atoms with Crippen LogP contribution in [-0.4, -0.2) is 50.9 Å². The van der Waals surface area contributed by atoms with Crippen LogP contribution in [0, 0.1) is 12.8 Å². The minimum Gasteiger partial charge on any atom is -0.345 e. The fourth-order valence-electron chi connectivity index (χ4n) is 3.18. The van der Waals surface area contributed by atoms with Crippen LogP contribution in [0.5, 0.6) is 0 Å². The monoisotopic (exact) mass is 396 g/mol. The van der Waals surface area contributed by atoms with Crippen molar-refractivity contribution in [1.29, 1.82) is 0 Å². The molecule has 1 unspecified atom stereocenters. The zero-order valence-electron chi connectivity index (χ0n) is 16.1. The smallest absolute Gasteiger partial charge is 0.296 e. The molecule has 0 bridgehead atoms. The Bertz CT molecular complexity index is 753. The molecule has 150 valence electrons. The van der Waals surface area contributed by atoms with E-state index in [0.29, 0.717) is 25.4 Å². The molecule has 2 amide bonds. The third-order valence-corrected chi connectivity index (χ3v) is 6.12. The summed E-state index contributed by atoms with van der Waals surface area (Å²) in [6.07, 6.45) is 2.23. The van der Waals surface area contributed by atoms with Crippen molar-refractivity contribution in [3.05, 3.63) is 29.8 Å². The lowest BCUT2D eigenvalue weighted by molar-refractivity contribution is -0.136. The molecular formula is C19H28N2O5S. The number of aryl methyl sites for hydroxylation is 1. The molecule has 0 saturated carbocycles. The minimum absolute atomic E-state index is 0.0816. The number of benzene rings is 1. The average molecular weight is 397 g/mol. The van der Waals surface area contributed by atoms with E-state index in [1.165, 1.54) is 6.92 Å². The first-order chi connectivity index (χ1) is 12.7. The van der Waals surface area contributed by atoms with Gasteiger partial charge < -0.3 is 10.2 Å². The van der Waals surface area contributed by atoms with Gasteiger partial charge in [0.25, 0.3) is 10.1 Å². The summed E-state index contributed by atoms with van der Waals surface area (Å²) in [6, 6.07) is 6.05. The number of carbonyl (C=O) groups is 2. The van der Waals surface area contributed by atoms with Gasteiger partial charge in [-0.2, -0.15) is 8.42 Å². The van der Waals surface area contributed by atoms with Crippen LogP contribution in [0.4, 0.5) is 0 Å². The van der Waals surface area contributed by atoms with Crippen LogP contribution in [0.2, 0.25) is 0 Å². The highest BCUT2D eigenvalue weighted by Gasteiger charge is 2.26. The number of nitrogens with one attached hydrogen (secondary N) is 1. The predicted molar refractivity (Wildman–Crippen MR) is 102 cm³/mol. The van der Waals surface area contributed by atoms with Crippen molar-refractivity contribution in [2.45, 2.75) is 51.0 Å². The van der Waals surface area contributed by atoms with Crippen LogP contribution >= 0.6 is 0 Å². The van der Waals surface area contributed by atoms with Crippen molar-refractivity contribution in [2.24, 2.45) is 5.92 Å². The van der Waals surface area contributed by atoms with Gasteiger partial charge >= 0.3 is 0 Å². The summed E-state index contributed by atoms with van der Waals surface area (Å²) < 4.78 is 29.5. The largest absolute Gasteiger partial charge is 0.345 e. The highest BCUT2D eigenvalue weighted by molar-refractivity contribution is 7.86. The van der Waals surface area contributed by atoms with Crippen LogP contribution in [-0.2, 0) is 23.9 Å². The van der Waals surface area contributed by atoms with Crippen molar-refractivity contribution < 1.29 is 22.2 Å². The topological polar surface area (TPSA) is 92.8 Å². The van der Waals surface area contributed by atoms with Crippen molar-refractivity contribution in [1.82, 2.24) is 10.2 Å². The number of nitrogens with zero attached hydrogens (tertiary/aromatic N) is 1. The molecule has 0 aliphatic carbocycles. The highest BCUT2D eigenvalue weighted by atomic mass is 32.2. The third-order valence-electron chi connectivity index (χ3n) is 4.79. The Morgan fingerprint density at radius 1 is 1.22 bits per heavy atom. The van der Waals surface area contributed by atoms with Gasteiger partial charge in [0.15, 0.2) is 0 Å². The third kappa shape index (κ3) is 6.32. The summed E-state index contributed by atoms with van der Waals surface area (Å²) in [5.41, 5.74) is 0.989. The molecule has 2 rings (SSSR count). The molecule has 1 atom stereocenters. The van der Waals surface area contributed by atoms with E-state index in [1.54, 1.807) is 36.1 Å². The molecular weight excluding hydrogens is 368 g/mol. The Kier molecular flexibility index (Phi) is 7.38. The summed E-state index contributed by atoms with van der Waals surface area (Å²) in [5, 5.41) is 2.60. The summed E-state index contributed by atoms with van der Waals surface area (Å²) in [5.74, 6) is 0.0119. The maximum absolute atomic E-state index is 12.3. The van der Waals surface area contributed by atoms with E-state index in [1.807, 2.05) is 6.92 Å². The molecule has 7 nitrogen and oxygen atoms in total. The highest BCUT2D eigenvalue weighted by Crippen LogP contribution is 2.22. The fraction of sp³-hybridized carbons (Fsp3) is 0.579. The molecule has 8 heteroatoms. The molecule has 1 aromatic rings. The standard InChI is InChI=1S/C19H28N2O5S/c1-14-4-6-18(7-5-14)27(24,25)26-13-10-17-8-11-21(12-9-17)19(23)15(2)20-16(3)22/h4-7,15,17H,8-13H2,1-3H3,(H,20,22). The number of hydrogen-bond acceptors (Lipinski definition) is 5. The van der Waals surface area contributed by atoms with Gasteiger partial charge in [-0.25, -0.2) is 0 Å². The Labute approximate surface area is 161 Å². The van der Waals surface area contributed by atoms with Crippen LogP contribution in [0.25, 0.3) is 0 Å². The molecule has 0 aromatic heterocycles. The summed E-state index contributed by atoms with van der Waals surface area (Å²) in [7, 11) is -3.73. The second-order valence-electron chi connectivity index (χ2n) is 7.07. The van der Waals surface area contributed by atoms with Gasteiger partial charge in [-0.15, -0.1) is 0 Å². The zero-order valence-corrected chi connectivity index (χ0v) is 16.9. The van der Waals surface area contributed by atoms with E-state index in [9.17, 15) is 18.0 Å². The van der Waals surface area contributed by atoms with E-state index in [0.717, 1.165) is 18.4 Å². The van der Waals surface area contributed by atoms with E-state index in [-0.39, 0.29) is 23.3 Å². The van der Waals surface area contributed by atoms with Crippen LogP contribution in [0.15, 0.2) is 29.2 Å². The maximum atomic E-state index is 12.3. The Morgan fingerprint density at radius 3 is 2.37 bits per heavy atom. The Morgan fingerprint density at radius 2 is 1.81 bits per heavy atom. The quantitative estimate of drug-likeness (QED) is 0.710. The molecule has 1 aliphatic heterocycles. The SMILES string of the molecule is CC(=O)NC(C)C(=O)N1CCC(CCOS(=O)(=O)c2ccc(C)cc2)CC1. The summed E-state index contributed by atoms with van der Waals surface area (Å²) in [4.78, 5) is 25.3. The number of hydrogen-bond donors (Lipinski definition) is 1. The van der Waals surface area contributed by atoms with Crippen molar-refractivity contribution in [3.63, 3.8) is 0 Å². The van der Waals surface area contributed by atoms with Gasteiger partial charge in [0.05, 0.1) is 11.5 Å². The van der Waals surface area contributed by atoms with Gasteiger partial charge in [0.1, 0.15) is 6.04 Å². The van der Waals surface area contributed by atoms with E-state index in [2.05, 4.69) is 5.32 Å². The molecule has 27 heavy (non-hydrogen) atoms. The lowest BCUT2D eigenvalue weighted by Gasteiger charge is -2.33. The van der Waals surface area contributed by atoms with E-state index in [4.69, 9.17) is 4.18 Å². The second kappa shape index (κ2) is 9.32. The molecule has 0 spiro atoms. The summed E-state index contributed by atoms with van der Waals surface area (Å²) in [6.45, 7) is 6.32.